The minimum absolute atomic E-state index is 0.134. The number of aliphatic imine (C=N–C) groups is 1. The molecule has 1 aromatic carbocycles. The fraction of sp³-hybridized carbons (Fsp3) is 0.227. The van der Waals surface area contributed by atoms with Crippen LogP contribution < -0.4 is 5.32 Å². The van der Waals surface area contributed by atoms with E-state index < -0.39 is 11.8 Å². The van der Waals surface area contributed by atoms with Gasteiger partial charge in [0.2, 0.25) is 0 Å². The molecule has 0 spiro atoms. The maximum Gasteiger partial charge on any atom is 0.338 e. The third-order valence-corrected chi connectivity index (χ3v) is 5.82. The van der Waals surface area contributed by atoms with E-state index in [-0.39, 0.29) is 5.57 Å². The number of carboxylic acid groups (broad SMARTS) is 1. The second kappa shape index (κ2) is 6.70. The lowest BCUT2D eigenvalue weighted by Crippen LogP contribution is -2.56. The highest BCUT2D eigenvalue weighted by Gasteiger charge is 2.35. The van der Waals surface area contributed by atoms with Crippen LogP contribution in [0, 0.1) is 0 Å². The number of hydrogen-bond acceptors (Lipinski definition) is 6. The SMILES string of the molecule is CC1(N2CCc3[nH]c4ccc(-c5ccc(C=O)o5)cc4c3C2)N=CC(C(=O)O)=CN1. The van der Waals surface area contributed by atoms with Crippen molar-refractivity contribution in [2.45, 2.75) is 25.7 Å². The smallest absolute Gasteiger partial charge is 0.338 e. The van der Waals surface area contributed by atoms with Gasteiger partial charge in [0.15, 0.2) is 17.8 Å². The fourth-order valence-corrected chi connectivity index (χ4v) is 4.08. The minimum atomic E-state index is -1.01. The molecule has 1 unspecified atom stereocenters. The van der Waals surface area contributed by atoms with Gasteiger partial charge in [-0.1, -0.05) is 0 Å². The number of rotatable bonds is 4. The van der Waals surface area contributed by atoms with Crippen LogP contribution in [0.5, 0.6) is 0 Å². The molecule has 4 heterocycles. The van der Waals surface area contributed by atoms with Gasteiger partial charge in [-0.05, 0) is 42.8 Å². The van der Waals surface area contributed by atoms with Gasteiger partial charge >= 0.3 is 5.97 Å². The Morgan fingerprint density at radius 2 is 2.20 bits per heavy atom. The van der Waals surface area contributed by atoms with Crippen LogP contribution in [0.3, 0.4) is 0 Å². The van der Waals surface area contributed by atoms with Crippen LogP contribution in [0.1, 0.15) is 28.7 Å². The average Bonchev–Trinajstić information content (AvgIpc) is 3.37. The van der Waals surface area contributed by atoms with Crippen molar-refractivity contribution < 1.29 is 19.1 Å². The number of aromatic nitrogens is 1. The van der Waals surface area contributed by atoms with E-state index in [4.69, 9.17) is 9.52 Å². The first-order valence-corrected chi connectivity index (χ1v) is 9.67. The molecule has 8 nitrogen and oxygen atoms in total. The van der Waals surface area contributed by atoms with Crippen molar-refractivity contribution in [2.24, 2.45) is 4.99 Å². The number of hydrogen-bond donors (Lipinski definition) is 3. The molecule has 0 amide bonds. The predicted octanol–water partition coefficient (Wildman–Crippen LogP) is 2.91. The number of aromatic amines is 1. The number of H-pyrrole nitrogens is 1. The topological polar surface area (TPSA) is 111 Å². The summed E-state index contributed by atoms with van der Waals surface area (Å²) < 4.78 is 5.58. The maximum absolute atomic E-state index is 11.1. The molecule has 0 fully saturated rings. The van der Waals surface area contributed by atoms with Crippen LogP contribution in [0.15, 0.2) is 51.5 Å². The van der Waals surface area contributed by atoms with Gasteiger partial charge in [-0.2, -0.15) is 0 Å². The lowest BCUT2D eigenvalue weighted by molar-refractivity contribution is -0.132. The summed E-state index contributed by atoms with van der Waals surface area (Å²) >= 11 is 0. The van der Waals surface area contributed by atoms with Crippen molar-refractivity contribution in [3.05, 3.63) is 59.1 Å². The molecule has 1 atom stereocenters. The Morgan fingerprint density at radius 3 is 2.90 bits per heavy atom. The van der Waals surface area contributed by atoms with Gasteiger partial charge in [0.05, 0.1) is 5.57 Å². The van der Waals surface area contributed by atoms with Crippen LogP contribution in [-0.2, 0) is 17.8 Å². The molecule has 0 radical (unpaired) electrons. The monoisotopic (exact) mass is 404 g/mol. The summed E-state index contributed by atoms with van der Waals surface area (Å²) in [6, 6.07) is 9.53. The Bertz CT molecular complexity index is 1240. The molecule has 30 heavy (non-hydrogen) atoms. The summed E-state index contributed by atoms with van der Waals surface area (Å²) in [5.74, 6) is -0.764. The van der Waals surface area contributed by atoms with Crippen LogP contribution in [-0.4, -0.2) is 45.8 Å². The standard InChI is InChI=1S/C22H20N4O4/c1-22(23-9-14(10-24-22)21(28)29)26-7-6-19-17(11-26)16-8-13(2-4-18(16)25-19)20-5-3-15(12-27)30-20/h2-5,8-10,12,23,25H,6-7,11H2,1H3,(H,28,29). The van der Waals surface area contributed by atoms with Crippen LogP contribution in [0.2, 0.25) is 0 Å². The summed E-state index contributed by atoms with van der Waals surface area (Å²) in [6.45, 7) is 3.38. The Hall–Kier alpha value is -3.65. The van der Waals surface area contributed by atoms with E-state index >= 15 is 0 Å². The molecule has 0 saturated heterocycles. The minimum Gasteiger partial charge on any atom is -0.478 e. The summed E-state index contributed by atoms with van der Waals surface area (Å²) in [5.41, 5.74) is 4.47. The Balaban J connectivity index is 1.47. The second-order valence-electron chi connectivity index (χ2n) is 7.66. The number of carbonyl (C=O) groups excluding carboxylic acids is 1. The molecule has 3 aromatic rings. The van der Waals surface area contributed by atoms with Crippen molar-refractivity contribution >= 4 is 29.4 Å². The highest BCUT2D eigenvalue weighted by atomic mass is 16.4. The summed E-state index contributed by atoms with van der Waals surface area (Å²) in [6.07, 6.45) is 4.43. The van der Waals surface area contributed by atoms with Crippen molar-refractivity contribution in [2.75, 3.05) is 6.54 Å². The summed E-state index contributed by atoms with van der Waals surface area (Å²) in [7, 11) is 0. The number of furan rings is 1. The fourth-order valence-electron chi connectivity index (χ4n) is 4.08. The van der Waals surface area contributed by atoms with E-state index in [0.717, 1.165) is 29.4 Å². The van der Waals surface area contributed by atoms with E-state index in [1.165, 1.54) is 23.7 Å². The maximum atomic E-state index is 11.1. The van der Waals surface area contributed by atoms with Crippen LogP contribution in [0.4, 0.5) is 0 Å². The van der Waals surface area contributed by atoms with Crippen molar-refractivity contribution in [1.29, 1.82) is 0 Å². The van der Waals surface area contributed by atoms with Gasteiger partial charge in [-0.3, -0.25) is 9.69 Å². The average molecular weight is 404 g/mol. The molecule has 2 aliphatic heterocycles. The van der Waals surface area contributed by atoms with E-state index in [9.17, 15) is 9.59 Å². The zero-order valence-corrected chi connectivity index (χ0v) is 16.3. The number of carboxylic acids is 1. The van der Waals surface area contributed by atoms with Crippen molar-refractivity contribution in [3.63, 3.8) is 0 Å². The number of benzene rings is 1. The molecule has 5 rings (SSSR count). The zero-order chi connectivity index (χ0) is 20.9. The first-order chi connectivity index (χ1) is 14.5. The largest absolute Gasteiger partial charge is 0.478 e. The molecule has 0 bridgehead atoms. The molecule has 152 valence electrons. The van der Waals surface area contributed by atoms with Gasteiger partial charge in [0, 0.05) is 54.1 Å². The summed E-state index contributed by atoms with van der Waals surface area (Å²) in [4.78, 5) is 32.3. The number of nitrogens with one attached hydrogen (secondary N) is 2. The Labute approximate surface area is 171 Å². The van der Waals surface area contributed by atoms with Crippen molar-refractivity contribution in [1.82, 2.24) is 15.2 Å². The third kappa shape index (κ3) is 2.93. The number of aliphatic carboxylic acids is 1. The number of nitrogens with zero attached hydrogens (tertiary/aromatic N) is 2. The normalized spacial score (nSPS) is 21.2. The number of carbonyl (C=O) groups is 2. The first-order valence-electron chi connectivity index (χ1n) is 9.67. The number of fused-ring (bicyclic) bond motifs is 3. The lowest BCUT2D eigenvalue weighted by atomic mass is 10.0. The van der Waals surface area contributed by atoms with Gasteiger partial charge in [0.25, 0.3) is 0 Å². The van der Waals surface area contributed by atoms with Gasteiger partial charge in [0.1, 0.15) is 5.76 Å². The van der Waals surface area contributed by atoms with E-state index in [2.05, 4.69) is 26.3 Å². The third-order valence-electron chi connectivity index (χ3n) is 5.82. The molecular weight excluding hydrogens is 384 g/mol. The van der Waals surface area contributed by atoms with Gasteiger partial charge in [-0.15, -0.1) is 0 Å². The van der Waals surface area contributed by atoms with E-state index in [1.807, 2.05) is 19.1 Å². The molecule has 3 N–H and O–H groups in total. The molecular formula is C22H20N4O4. The lowest BCUT2D eigenvalue weighted by Gasteiger charge is -2.41. The zero-order valence-electron chi connectivity index (χ0n) is 16.3. The first kappa shape index (κ1) is 18.4. The molecule has 2 aliphatic rings. The highest BCUT2D eigenvalue weighted by molar-refractivity contribution is 6.08. The Kier molecular flexibility index (Phi) is 4.11. The molecule has 8 heteroatoms. The van der Waals surface area contributed by atoms with E-state index in [0.29, 0.717) is 24.4 Å². The van der Waals surface area contributed by atoms with Crippen molar-refractivity contribution in [3.8, 4) is 11.3 Å². The predicted molar refractivity (Wildman–Crippen MR) is 111 cm³/mol. The molecule has 2 aromatic heterocycles. The van der Waals surface area contributed by atoms with Crippen LogP contribution in [0.25, 0.3) is 22.2 Å². The molecule has 0 aliphatic carbocycles. The summed E-state index contributed by atoms with van der Waals surface area (Å²) in [5, 5.41) is 13.4. The second-order valence-corrected chi connectivity index (χ2v) is 7.66. The Morgan fingerprint density at radius 1 is 1.33 bits per heavy atom. The molecule has 0 saturated carbocycles. The quantitative estimate of drug-likeness (QED) is 0.577. The highest BCUT2D eigenvalue weighted by Crippen LogP contribution is 2.34. The number of aldehydes is 1. The van der Waals surface area contributed by atoms with Gasteiger partial charge in [-0.25, -0.2) is 9.79 Å². The van der Waals surface area contributed by atoms with Crippen LogP contribution >= 0.6 is 0 Å². The van der Waals surface area contributed by atoms with Gasteiger partial charge < -0.3 is 19.8 Å². The van der Waals surface area contributed by atoms with E-state index in [1.54, 1.807) is 12.1 Å².